The zero-order chi connectivity index (χ0) is 17.6. The van der Waals surface area contributed by atoms with Crippen molar-refractivity contribution < 1.29 is 17.6 Å². The molecule has 2 rings (SSSR count). The molecule has 0 spiro atoms. The van der Waals surface area contributed by atoms with Crippen molar-refractivity contribution in [3.05, 3.63) is 23.7 Å². The van der Waals surface area contributed by atoms with Crippen molar-refractivity contribution in [2.45, 2.75) is 12.3 Å². The van der Waals surface area contributed by atoms with Gasteiger partial charge in [-0.25, -0.2) is 13.2 Å². The fourth-order valence-corrected chi connectivity index (χ4v) is 4.28. The molecule has 0 saturated carbocycles. The van der Waals surface area contributed by atoms with E-state index < -0.39 is 9.84 Å². The van der Waals surface area contributed by atoms with Gasteiger partial charge in [0, 0.05) is 25.4 Å². The Balaban J connectivity index is 1.59. The first-order valence-electron chi connectivity index (χ1n) is 7.89. The topological polar surface area (TPSA) is 82.9 Å². The molecule has 0 atom stereocenters. The number of sulfone groups is 1. The summed E-state index contributed by atoms with van der Waals surface area (Å²) in [5, 5.41) is 2.83. The van der Waals surface area contributed by atoms with Gasteiger partial charge in [0.2, 0.25) is 0 Å². The summed E-state index contributed by atoms with van der Waals surface area (Å²) in [6.45, 7) is 1.90. The summed E-state index contributed by atoms with van der Waals surface area (Å²) < 4.78 is 28.4. The molecule has 1 N–H and O–H groups in total. The van der Waals surface area contributed by atoms with Crippen LogP contribution >= 0.6 is 11.8 Å². The van der Waals surface area contributed by atoms with E-state index in [1.54, 1.807) is 16.7 Å². The maximum Gasteiger partial charge on any atom is 0.317 e. The van der Waals surface area contributed by atoms with Gasteiger partial charge < -0.3 is 19.5 Å². The van der Waals surface area contributed by atoms with E-state index in [2.05, 4.69) is 10.2 Å². The van der Waals surface area contributed by atoms with Gasteiger partial charge in [-0.15, -0.1) is 0 Å². The van der Waals surface area contributed by atoms with Crippen LogP contribution in [0.25, 0.3) is 0 Å². The molecule has 0 aromatic carbocycles. The highest BCUT2D eigenvalue weighted by molar-refractivity contribution is 7.98. The maximum absolute atomic E-state index is 11.9. The van der Waals surface area contributed by atoms with Crippen LogP contribution in [0.15, 0.2) is 16.5 Å². The highest BCUT2D eigenvalue weighted by Crippen LogP contribution is 2.16. The second-order valence-electron chi connectivity index (χ2n) is 6.03. The monoisotopic (exact) mass is 375 g/mol. The lowest BCUT2D eigenvalue weighted by molar-refractivity contribution is 0.203. The minimum Gasteiger partial charge on any atom is -0.464 e. The molecule has 7 nitrogen and oxygen atoms in total. The van der Waals surface area contributed by atoms with Crippen LogP contribution in [0.2, 0.25) is 0 Å². The fourth-order valence-electron chi connectivity index (χ4n) is 2.33. The van der Waals surface area contributed by atoms with E-state index in [9.17, 15) is 13.2 Å². The Morgan fingerprint density at radius 2 is 1.96 bits per heavy atom. The Bertz CT molecular complexity index is 629. The predicted octanol–water partition coefficient (Wildman–Crippen LogP) is 1.01. The highest BCUT2D eigenvalue weighted by atomic mass is 32.2. The lowest BCUT2D eigenvalue weighted by Crippen LogP contribution is -2.48. The summed E-state index contributed by atoms with van der Waals surface area (Å²) in [5.41, 5.74) is 0. The number of hydrogen-bond donors (Lipinski definition) is 1. The number of nitrogens with one attached hydrogen (secondary N) is 1. The van der Waals surface area contributed by atoms with Crippen molar-refractivity contribution in [1.29, 1.82) is 0 Å². The molecule has 0 radical (unpaired) electrons. The molecule has 0 unspecified atom stereocenters. The zero-order valence-electron chi connectivity index (χ0n) is 14.2. The first-order chi connectivity index (χ1) is 11.4. The molecule has 2 amide bonds. The van der Waals surface area contributed by atoms with Crippen molar-refractivity contribution in [3.63, 3.8) is 0 Å². The number of carbonyl (C=O) groups is 1. The van der Waals surface area contributed by atoms with Crippen molar-refractivity contribution in [3.8, 4) is 0 Å². The van der Waals surface area contributed by atoms with Gasteiger partial charge in [-0.3, -0.25) is 0 Å². The van der Waals surface area contributed by atoms with Crippen LogP contribution in [0.1, 0.15) is 11.5 Å². The lowest BCUT2D eigenvalue weighted by Gasteiger charge is -2.26. The van der Waals surface area contributed by atoms with Crippen molar-refractivity contribution in [2.24, 2.45) is 0 Å². The van der Waals surface area contributed by atoms with Crippen molar-refractivity contribution >= 4 is 27.6 Å². The number of amides is 2. The molecule has 0 aliphatic carbocycles. The number of urea groups is 1. The Kier molecular flexibility index (Phi) is 7.00. The van der Waals surface area contributed by atoms with E-state index in [-0.39, 0.29) is 30.6 Å². The molecule has 1 aliphatic heterocycles. The van der Waals surface area contributed by atoms with E-state index >= 15 is 0 Å². The largest absolute Gasteiger partial charge is 0.464 e. The minimum atomic E-state index is -2.95. The van der Waals surface area contributed by atoms with Crippen LogP contribution in [0, 0.1) is 0 Å². The van der Waals surface area contributed by atoms with Gasteiger partial charge >= 0.3 is 6.03 Å². The molecule has 1 aliphatic rings. The third-order valence-corrected chi connectivity index (χ3v) is 6.18. The molecule has 2 heterocycles. The number of rotatable bonds is 7. The van der Waals surface area contributed by atoms with E-state index in [1.807, 2.05) is 26.2 Å². The van der Waals surface area contributed by atoms with Crippen LogP contribution in [-0.4, -0.2) is 75.2 Å². The lowest BCUT2D eigenvalue weighted by atomic mass is 10.4. The number of hydrogen-bond acceptors (Lipinski definition) is 6. The van der Waals surface area contributed by atoms with E-state index in [1.165, 1.54) is 0 Å². The van der Waals surface area contributed by atoms with Crippen molar-refractivity contribution in [1.82, 2.24) is 15.1 Å². The molecule has 136 valence electrons. The van der Waals surface area contributed by atoms with Gasteiger partial charge in [0.15, 0.2) is 9.84 Å². The molecule has 1 saturated heterocycles. The molecule has 24 heavy (non-hydrogen) atoms. The van der Waals surface area contributed by atoms with E-state index in [4.69, 9.17) is 4.42 Å². The van der Waals surface area contributed by atoms with Crippen molar-refractivity contribution in [2.75, 3.05) is 51.0 Å². The maximum atomic E-state index is 11.9. The summed E-state index contributed by atoms with van der Waals surface area (Å²) in [4.78, 5) is 15.5. The third-order valence-electron chi connectivity index (χ3n) is 3.59. The summed E-state index contributed by atoms with van der Waals surface area (Å²) in [6.07, 6.45) is 0. The summed E-state index contributed by atoms with van der Waals surface area (Å²) in [6, 6.07) is 3.79. The molecular formula is C15H25N3O4S2. The third kappa shape index (κ3) is 6.37. The molecule has 0 bridgehead atoms. The van der Waals surface area contributed by atoms with Crippen LogP contribution in [-0.2, 0) is 22.1 Å². The normalized spacial score (nSPS) is 17.2. The predicted molar refractivity (Wildman–Crippen MR) is 95.9 cm³/mol. The number of thioether (sulfide) groups is 1. The summed E-state index contributed by atoms with van der Waals surface area (Å²) in [5.74, 6) is 3.55. The standard InChI is InChI=1S/C15H25N3O4S2/c1-17(2)11-13-3-4-14(22-13)12-23-8-5-16-15(19)18-6-9-24(20,21)10-7-18/h3-4H,5-12H2,1-2H3,(H,16,19). The average Bonchev–Trinajstić information content (AvgIpc) is 2.93. The Hall–Kier alpha value is -1.19. The molecule has 9 heteroatoms. The van der Waals surface area contributed by atoms with Gasteiger partial charge in [-0.1, -0.05) is 0 Å². The first kappa shape index (κ1) is 19.1. The quantitative estimate of drug-likeness (QED) is 0.717. The van der Waals surface area contributed by atoms with Crippen LogP contribution in [0.5, 0.6) is 0 Å². The number of furan rings is 1. The first-order valence-corrected chi connectivity index (χ1v) is 10.9. The Labute approximate surface area is 147 Å². The average molecular weight is 376 g/mol. The molecule has 1 aromatic heterocycles. The van der Waals surface area contributed by atoms with Gasteiger partial charge in [-0.2, -0.15) is 11.8 Å². The fraction of sp³-hybridized carbons (Fsp3) is 0.667. The minimum absolute atomic E-state index is 0.0585. The number of nitrogens with zero attached hydrogens (tertiary/aromatic N) is 2. The van der Waals surface area contributed by atoms with Crippen LogP contribution in [0.4, 0.5) is 4.79 Å². The van der Waals surface area contributed by atoms with E-state index in [0.717, 1.165) is 29.6 Å². The highest BCUT2D eigenvalue weighted by Gasteiger charge is 2.24. The molecule has 1 aromatic rings. The zero-order valence-corrected chi connectivity index (χ0v) is 15.8. The smallest absolute Gasteiger partial charge is 0.317 e. The summed E-state index contributed by atoms with van der Waals surface area (Å²) in [7, 11) is 1.04. The molecular weight excluding hydrogens is 350 g/mol. The van der Waals surface area contributed by atoms with E-state index in [0.29, 0.717) is 6.54 Å². The Morgan fingerprint density at radius 1 is 1.29 bits per heavy atom. The van der Waals surface area contributed by atoms with Crippen LogP contribution in [0.3, 0.4) is 0 Å². The number of carbonyl (C=O) groups excluding carboxylic acids is 1. The summed E-state index contributed by atoms with van der Waals surface area (Å²) >= 11 is 1.69. The van der Waals surface area contributed by atoms with Gasteiger partial charge in [0.25, 0.3) is 0 Å². The second-order valence-corrected chi connectivity index (χ2v) is 9.44. The van der Waals surface area contributed by atoms with Crippen LogP contribution < -0.4 is 5.32 Å². The van der Waals surface area contributed by atoms with Gasteiger partial charge in [-0.05, 0) is 26.2 Å². The Morgan fingerprint density at radius 3 is 2.62 bits per heavy atom. The SMILES string of the molecule is CN(C)Cc1ccc(CSCCNC(=O)N2CCS(=O)(=O)CC2)o1. The second kappa shape index (κ2) is 8.77. The van der Waals surface area contributed by atoms with Gasteiger partial charge in [0.1, 0.15) is 11.5 Å². The van der Waals surface area contributed by atoms with Gasteiger partial charge in [0.05, 0.1) is 23.8 Å². The molecule has 1 fully saturated rings.